The molecule has 0 fully saturated rings. The van der Waals surface area contributed by atoms with E-state index in [1.54, 1.807) is 6.07 Å². The molecule has 1 heterocycles. The highest BCUT2D eigenvalue weighted by molar-refractivity contribution is 5.69. The van der Waals surface area contributed by atoms with Gasteiger partial charge in [0.15, 0.2) is 0 Å². The van der Waals surface area contributed by atoms with E-state index in [9.17, 15) is 0 Å². The van der Waals surface area contributed by atoms with Crippen LogP contribution in [-0.2, 0) is 0 Å². The third-order valence-corrected chi connectivity index (χ3v) is 3.36. The number of benzene rings is 2. The minimum absolute atomic E-state index is 0.0111. The lowest BCUT2D eigenvalue weighted by Gasteiger charge is -2.14. The number of nitrogens with one attached hydrogen (secondary N) is 2. The Morgan fingerprint density at radius 2 is 1.86 bits per heavy atom. The van der Waals surface area contributed by atoms with Crippen LogP contribution < -0.4 is 10.6 Å². The van der Waals surface area contributed by atoms with E-state index >= 15 is 0 Å². The number of hydrogen-bond donors (Lipinski definition) is 2. The van der Waals surface area contributed by atoms with Crippen molar-refractivity contribution in [1.82, 2.24) is 9.97 Å². The standard InChI is InChI=1S/C22H18N6/c1-15-12-18(4-3-10-23)13-16(2)21(15)27-20-9-11-25-22(28-20)26-19-7-5-17(14-24)6-8-19/h3-9,11-13H,1-2H3,(H2,25,26,27,28)/b4-3+/i1D3,2D3,7D,8D,12D,13D. The molecule has 0 bridgehead atoms. The number of rotatable bonds is 5. The van der Waals surface area contributed by atoms with Gasteiger partial charge in [0.05, 0.1) is 23.2 Å². The molecule has 0 aliphatic carbocycles. The highest BCUT2D eigenvalue weighted by atomic mass is 15.1. The van der Waals surface area contributed by atoms with Gasteiger partial charge in [0.1, 0.15) is 5.82 Å². The van der Waals surface area contributed by atoms with Gasteiger partial charge in [-0.1, -0.05) is 0 Å². The van der Waals surface area contributed by atoms with E-state index in [4.69, 9.17) is 24.2 Å². The van der Waals surface area contributed by atoms with Crippen molar-refractivity contribution in [3.8, 4) is 12.1 Å². The number of anilines is 4. The first-order valence-corrected chi connectivity index (χ1v) is 7.81. The zero-order valence-corrected chi connectivity index (χ0v) is 14.3. The van der Waals surface area contributed by atoms with Crippen LogP contribution in [0, 0.1) is 36.4 Å². The van der Waals surface area contributed by atoms with Gasteiger partial charge in [-0.25, -0.2) is 4.98 Å². The highest BCUT2D eigenvalue weighted by Gasteiger charge is 2.07. The van der Waals surface area contributed by atoms with Gasteiger partial charge in [-0.15, -0.1) is 0 Å². The van der Waals surface area contributed by atoms with Crippen molar-refractivity contribution in [2.45, 2.75) is 13.7 Å². The maximum absolute atomic E-state index is 9.01. The number of nitriles is 2. The van der Waals surface area contributed by atoms with Crippen LogP contribution in [0.5, 0.6) is 0 Å². The predicted octanol–water partition coefficient (Wildman–Crippen LogP) is 4.99. The number of hydrogen-bond acceptors (Lipinski definition) is 6. The van der Waals surface area contributed by atoms with Crippen molar-refractivity contribution >= 4 is 29.2 Å². The summed E-state index contributed by atoms with van der Waals surface area (Å²) in [7, 11) is 0. The lowest BCUT2D eigenvalue weighted by Crippen LogP contribution is -2.02. The Morgan fingerprint density at radius 1 is 1.11 bits per heavy atom. The zero-order chi connectivity index (χ0) is 28.4. The van der Waals surface area contributed by atoms with Crippen LogP contribution in [0.4, 0.5) is 23.1 Å². The van der Waals surface area contributed by atoms with Crippen LogP contribution >= 0.6 is 0 Å². The van der Waals surface area contributed by atoms with E-state index < -0.39 is 42.6 Å². The normalized spacial score (nSPS) is 16.4. The van der Waals surface area contributed by atoms with E-state index in [1.165, 1.54) is 24.4 Å². The van der Waals surface area contributed by atoms with Crippen molar-refractivity contribution in [2.24, 2.45) is 0 Å². The molecule has 0 aliphatic rings. The SMILES string of the molecule is [2H]c1cc(C#N)cc([2H])c1Nc1nccc(Nc2c(C([2H])([2H])[2H])c([2H])c(/C=C/C#N)c([2H])c2C([2H])([2H])[2H])n1. The second-order valence-electron chi connectivity index (χ2n) is 5.29. The summed E-state index contributed by atoms with van der Waals surface area (Å²) in [4.78, 5) is 8.15. The second-order valence-corrected chi connectivity index (χ2v) is 5.29. The van der Waals surface area contributed by atoms with Crippen LogP contribution in [0.1, 0.15) is 36.0 Å². The lowest BCUT2D eigenvalue weighted by atomic mass is 10.0. The molecule has 0 saturated heterocycles. The van der Waals surface area contributed by atoms with Crippen molar-refractivity contribution in [3.05, 3.63) is 76.9 Å². The number of aromatic nitrogens is 2. The summed E-state index contributed by atoms with van der Waals surface area (Å²) < 4.78 is 80.8. The van der Waals surface area contributed by atoms with Gasteiger partial charge in [-0.2, -0.15) is 15.5 Å². The van der Waals surface area contributed by atoms with Gasteiger partial charge in [0, 0.05) is 31.9 Å². The van der Waals surface area contributed by atoms with Crippen LogP contribution in [0.25, 0.3) is 6.08 Å². The first-order valence-electron chi connectivity index (χ1n) is 12.8. The van der Waals surface area contributed by atoms with Crippen LogP contribution in [-0.4, -0.2) is 9.97 Å². The largest absolute Gasteiger partial charge is 0.340 e. The van der Waals surface area contributed by atoms with Gasteiger partial charge in [-0.3, -0.25) is 0 Å². The minimum Gasteiger partial charge on any atom is -0.340 e. The molecule has 0 spiro atoms. The zero-order valence-electron chi connectivity index (χ0n) is 24.3. The molecule has 2 aromatic carbocycles. The maximum Gasteiger partial charge on any atom is 0.229 e. The molecule has 6 nitrogen and oxygen atoms in total. The van der Waals surface area contributed by atoms with Crippen LogP contribution in [0.2, 0.25) is 0 Å². The van der Waals surface area contributed by atoms with E-state index in [0.717, 1.165) is 12.2 Å². The monoisotopic (exact) mass is 376 g/mol. The summed E-state index contributed by atoms with van der Waals surface area (Å²) in [6, 6.07) is 5.62. The lowest BCUT2D eigenvalue weighted by molar-refractivity contribution is 1.16. The Morgan fingerprint density at radius 3 is 2.50 bits per heavy atom. The molecule has 3 aromatic rings. The fourth-order valence-corrected chi connectivity index (χ4v) is 2.13. The first-order chi connectivity index (χ1) is 17.7. The first kappa shape index (κ1) is 9.68. The van der Waals surface area contributed by atoms with Crippen molar-refractivity contribution in [2.75, 3.05) is 10.6 Å². The molecular weight excluding hydrogens is 348 g/mol. The summed E-state index contributed by atoms with van der Waals surface area (Å²) in [5.74, 6) is -0.248. The Bertz CT molecular complexity index is 1450. The number of allylic oxidation sites excluding steroid dienone is 1. The fourth-order valence-electron chi connectivity index (χ4n) is 2.13. The van der Waals surface area contributed by atoms with Gasteiger partial charge in [0.25, 0.3) is 0 Å². The molecule has 0 amide bonds. The Hall–Kier alpha value is -4.16. The highest BCUT2D eigenvalue weighted by Crippen LogP contribution is 2.26. The third kappa shape index (κ3) is 4.51. The Labute approximate surface area is 177 Å². The fraction of sp³-hybridized carbons (Fsp3) is 0.0909. The summed E-state index contributed by atoms with van der Waals surface area (Å²) in [5.41, 5.74) is -2.13. The summed E-state index contributed by atoms with van der Waals surface area (Å²) >= 11 is 0. The molecule has 1 aromatic heterocycles. The van der Waals surface area contributed by atoms with Crippen LogP contribution in [0.3, 0.4) is 0 Å². The molecule has 2 N–H and O–H groups in total. The molecule has 0 radical (unpaired) electrons. The molecule has 0 aliphatic heterocycles. The summed E-state index contributed by atoms with van der Waals surface area (Å²) in [6.07, 6.45) is 3.17. The van der Waals surface area contributed by atoms with Crippen LogP contribution in [0.15, 0.2) is 54.6 Å². The smallest absolute Gasteiger partial charge is 0.229 e. The summed E-state index contributed by atoms with van der Waals surface area (Å²) in [6.45, 7) is -5.97. The second kappa shape index (κ2) is 8.48. The molecule has 28 heavy (non-hydrogen) atoms. The molecule has 0 saturated carbocycles. The van der Waals surface area contributed by atoms with E-state index in [0.29, 0.717) is 0 Å². The maximum atomic E-state index is 9.01. The van der Waals surface area contributed by atoms with Gasteiger partial charge < -0.3 is 10.6 Å². The van der Waals surface area contributed by atoms with E-state index in [2.05, 4.69) is 20.6 Å². The van der Waals surface area contributed by atoms with Crippen molar-refractivity contribution < 1.29 is 13.7 Å². The molecule has 3 rings (SSSR count). The average Bonchev–Trinajstić information content (AvgIpc) is 2.79. The van der Waals surface area contributed by atoms with Gasteiger partial charge >= 0.3 is 0 Å². The van der Waals surface area contributed by atoms with E-state index in [-0.39, 0.29) is 40.7 Å². The quantitative estimate of drug-likeness (QED) is 0.609. The predicted molar refractivity (Wildman–Crippen MR) is 110 cm³/mol. The molecule has 0 unspecified atom stereocenters. The third-order valence-electron chi connectivity index (χ3n) is 3.36. The molecular formula is C22H18N6. The minimum atomic E-state index is -2.99. The molecule has 136 valence electrons. The topological polar surface area (TPSA) is 97.4 Å². The average molecular weight is 376 g/mol. The number of nitrogens with zero attached hydrogens (tertiary/aromatic N) is 4. The van der Waals surface area contributed by atoms with E-state index in [1.807, 2.05) is 6.07 Å². The van der Waals surface area contributed by atoms with Crippen molar-refractivity contribution in [3.63, 3.8) is 0 Å². The van der Waals surface area contributed by atoms with Gasteiger partial charge in [0.2, 0.25) is 5.95 Å². The summed E-state index contributed by atoms with van der Waals surface area (Å²) in [5, 5.41) is 23.2. The van der Waals surface area contributed by atoms with Crippen molar-refractivity contribution in [1.29, 1.82) is 10.5 Å². The van der Waals surface area contributed by atoms with Gasteiger partial charge in [-0.05, 0) is 78.8 Å². The Kier molecular flexibility index (Phi) is 2.93. The molecule has 6 heteroatoms. The Balaban J connectivity index is 2.19. The molecule has 0 atom stereocenters.